The minimum absolute atomic E-state index is 0. The van der Waals surface area contributed by atoms with Crippen LogP contribution in [-0.4, -0.2) is 12.4 Å². The van der Waals surface area contributed by atoms with E-state index in [-0.39, 0.29) is 51.4 Å². The Bertz CT molecular complexity index is 343. The van der Waals surface area contributed by atoms with E-state index in [2.05, 4.69) is 13.8 Å². The second-order valence-electron chi connectivity index (χ2n) is 8.48. The maximum atomic E-state index is 12.3. The molecule has 0 aliphatic heterocycles. The van der Waals surface area contributed by atoms with Crippen LogP contribution >= 0.6 is 17.1 Å². The van der Waals surface area contributed by atoms with E-state index in [0.717, 1.165) is 18.6 Å². The third-order valence-electron chi connectivity index (χ3n) is 5.49. The van der Waals surface area contributed by atoms with Crippen molar-refractivity contribution in [1.29, 1.82) is 0 Å². The van der Waals surface area contributed by atoms with E-state index in [1.54, 1.807) is 0 Å². The molecule has 0 aliphatic rings. The molecule has 0 N–H and O–H groups in total. The molecule has 1 unspecified atom stereocenters. The molecule has 0 spiro atoms. The van der Waals surface area contributed by atoms with Crippen molar-refractivity contribution in [1.82, 2.24) is 0 Å². The summed E-state index contributed by atoms with van der Waals surface area (Å²) in [5.74, 6) is 0.884. The van der Waals surface area contributed by atoms with E-state index in [0.29, 0.717) is 6.61 Å². The summed E-state index contributed by atoms with van der Waals surface area (Å²) in [5.41, 5.74) is -2.85. The number of hydrogen-bond acceptors (Lipinski definition) is 4. The Labute approximate surface area is 241 Å². The van der Waals surface area contributed by atoms with Crippen LogP contribution in [0.1, 0.15) is 142 Å². The zero-order chi connectivity index (χ0) is 21.5. The molecule has 0 saturated carbocycles. The summed E-state index contributed by atoms with van der Waals surface area (Å²) in [4.78, 5) is 12.3. The van der Waals surface area contributed by atoms with E-state index in [9.17, 15) is 4.89 Å². The summed E-state index contributed by atoms with van der Waals surface area (Å²) in [6.45, 7) is 5.10. The Morgan fingerprint density at radius 3 is 1.33 bits per heavy atom. The van der Waals surface area contributed by atoms with Gasteiger partial charge in [-0.3, -0.25) is 0 Å². The van der Waals surface area contributed by atoms with Gasteiger partial charge in [0.2, 0.25) is 0 Å². The minimum atomic E-state index is -2.85. The van der Waals surface area contributed by atoms with Crippen molar-refractivity contribution >= 4 is 28.9 Å². The van der Waals surface area contributed by atoms with Gasteiger partial charge in [-0.25, -0.2) is 0 Å². The molecule has 0 aromatic rings. The maximum absolute atomic E-state index is 12.3. The first-order valence-corrected chi connectivity index (χ1v) is 17.0. The third kappa shape index (κ3) is 28.6. The molecule has 6 heteroatoms. The monoisotopic (exact) mass is 504 g/mol. The predicted molar refractivity (Wildman–Crippen MR) is 136 cm³/mol. The molecule has 0 aliphatic carbocycles. The summed E-state index contributed by atoms with van der Waals surface area (Å²) in [6, 6.07) is 0. The topological polar surface area (TPSA) is 32.3 Å². The standard InChI is InChI=1S/C24H51O2PS2.K/c1-3-5-7-9-11-13-15-17-19-21-23-26-27(25,28)29-24-22-20-18-16-14-12-10-8-6-4-2;/h3-24H2,1-2H3,(H,25,28);/q;+1/p-1. The van der Waals surface area contributed by atoms with Gasteiger partial charge in [-0.05, 0) is 18.6 Å². The summed E-state index contributed by atoms with van der Waals surface area (Å²) >= 11 is 6.57. The van der Waals surface area contributed by atoms with Crippen molar-refractivity contribution in [3.8, 4) is 0 Å². The molecule has 0 saturated heterocycles. The van der Waals surface area contributed by atoms with E-state index in [1.165, 1.54) is 127 Å². The molecule has 0 heterocycles. The fourth-order valence-electron chi connectivity index (χ4n) is 3.57. The predicted octanol–water partition coefficient (Wildman–Crippen LogP) is 6.17. The van der Waals surface area contributed by atoms with Crippen molar-refractivity contribution in [2.45, 2.75) is 142 Å². The molecule has 0 rings (SSSR count). The Morgan fingerprint density at radius 2 is 0.933 bits per heavy atom. The molecular formula is C24H50KO2PS2. The molecule has 0 radical (unpaired) electrons. The van der Waals surface area contributed by atoms with Crippen LogP contribution in [0.25, 0.3) is 0 Å². The van der Waals surface area contributed by atoms with Gasteiger partial charge in [0.15, 0.2) is 0 Å². The molecule has 2 nitrogen and oxygen atoms in total. The first-order chi connectivity index (χ1) is 14.1. The summed E-state index contributed by atoms with van der Waals surface area (Å²) in [5, 5.41) is 0. The molecule has 0 bridgehead atoms. The molecule has 176 valence electrons. The third-order valence-corrected chi connectivity index (χ3v) is 9.86. The van der Waals surface area contributed by atoms with Crippen LogP contribution in [-0.2, 0) is 16.3 Å². The zero-order valence-electron chi connectivity index (χ0n) is 20.6. The quantitative estimate of drug-likeness (QED) is 0.0894. The van der Waals surface area contributed by atoms with E-state index in [1.807, 2.05) is 0 Å². The van der Waals surface area contributed by atoms with Gasteiger partial charge < -0.3 is 9.42 Å². The number of hydrogen-bond donors (Lipinski definition) is 0. The van der Waals surface area contributed by atoms with Crippen LogP contribution in [0, 0.1) is 0 Å². The zero-order valence-corrected chi connectivity index (χ0v) is 26.3. The summed E-state index contributed by atoms with van der Waals surface area (Å²) in [7, 11) is 0. The SMILES string of the molecule is CCCCCCCCCCCCOP([O-])(=S)SCCCCCCCCCCCC.[K+]. The van der Waals surface area contributed by atoms with E-state index >= 15 is 0 Å². The van der Waals surface area contributed by atoms with E-state index in [4.69, 9.17) is 16.3 Å². The van der Waals surface area contributed by atoms with Gasteiger partial charge in [-0.2, -0.15) is 0 Å². The summed E-state index contributed by atoms with van der Waals surface area (Å²) < 4.78 is 5.53. The smallest absolute Gasteiger partial charge is 0.793 e. The second kappa shape index (κ2) is 27.8. The average molecular weight is 505 g/mol. The first kappa shape index (κ1) is 34.7. The van der Waals surface area contributed by atoms with Gasteiger partial charge >= 0.3 is 51.4 Å². The molecule has 0 fully saturated rings. The van der Waals surface area contributed by atoms with Crippen LogP contribution < -0.4 is 56.3 Å². The number of unbranched alkanes of at least 4 members (excludes halogenated alkanes) is 18. The minimum Gasteiger partial charge on any atom is -0.793 e. The fourth-order valence-corrected chi connectivity index (χ4v) is 6.95. The Kier molecular flexibility index (Phi) is 32.2. The van der Waals surface area contributed by atoms with Crippen LogP contribution in [0.2, 0.25) is 0 Å². The van der Waals surface area contributed by atoms with Gasteiger partial charge in [-0.1, -0.05) is 141 Å². The molecule has 30 heavy (non-hydrogen) atoms. The molecule has 1 atom stereocenters. The fraction of sp³-hybridized carbons (Fsp3) is 1.00. The van der Waals surface area contributed by atoms with Crippen LogP contribution in [0.5, 0.6) is 0 Å². The molecular weight excluding hydrogens is 454 g/mol. The van der Waals surface area contributed by atoms with Gasteiger partial charge in [0.1, 0.15) is 0 Å². The largest absolute Gasteiger partial charge is 1.00 e. The van der Waals surface area contributed by atoms with Crippen LogP contribution in [0.15, 0.2) is 0 Å². The van der Waals surface area contributed by atoms with Crippen molar-refractivity contribution in [2.75, 3.05) is 12.4 Å². The Balaban J connectivity index is 0. The molecule has 0 aromatic heterocycles. The Hall–Kier alpha value is 2.56. The van der Waals surface area contributed by atoms with Gasteiger partial charge in [0.25, 0.3) is 0 Å². The van der Waals surface area contributed by atoms with Gasteiger partial charge in [0, 0.05) is 5.69 Å². The molecule has 0 amide bonds. The summed E-state index contributed by atoms with van der Waals surface area (Å²) in [6.07, 6.45) is 26.3. The average Bonchev–Trinajstić information content (AvgIpc) is 2.70. The maximum Gasteiger partial charge on any atom is 1.00 e. The van der Waals surface area contributed by atoms with Gasteiger partial charge in [-0.15, -0.1) is 11.4 Å². The normalized spacial score (nSPS) is 13.2. The van der Waals surface area contributed by atoms with Crippen LogP contribution in [0.3, 0.4) is 0 Å². The second-order valence-corrected chi connectivity index (χ2v) is 14.6. The molecule has 0 aromatic carbocycles. The first-order valence-electron chi connectivity index (χ1n) is 12.7. The Morgan fingerprint density at radius 1 is 0.600 bits per heavy atom. The van der Waals surface area contributed by atoms with Crippen molar-refractivity contribution in [2.24, 2.45) is 0 Å². The number of rotatable bonds is 24. The van der Waals surface area contributed by atoms with E-state index < -0.39 is 5.69 Å². The van der Waals surface area contributed by atoms with Crippen molar-refractivity contribution in [3.63, 3.8) is 0 Å². The van der Waals surface area contributed by atoms with Crippen LogP contribution in [0.4, 0.5) is 0 Å². The van der Waals surface area contributed by atoms with Crippen molar-refractivity contribution < 1.29 is 60.8 Å². The van der Waals surface area contributed by atoms with Crippen molar-refractivity contribution in [3.05, 3.63) is 0 Å². The van der Waals surface area contributed by atoms with Gasteiger partial charge in [0.05, 0.1) is 6.61 Å².